The van der Waals surface area contributed by atoms with Crippen LogP contribution in [0.1, 0.15) is 0 Å². The van der Waals surface area contributed by atoms with E-state index in [2.05, 4.69) is 16.7 Å². The van der Waals surface area contributed by atoms with Crippen LogP contribution in [0.5, 0.6) is 0 Å². The second kappa shape index (κ2) is 7.01. The third kappa shape index (κ3) is 8.90. The molecule has 3 nitrogen and oxygen atoms in total. The van der Waals surface area contributed by atoms with Gasteiger partial charge in [-0.2, -0.15) is 0 Å². The molecule has 0 aliphatic rings. The third-order valence-electron chi connectivity index (χ3n) is 0.566. The Balaban J connectivity index is 3.41. The second-order valence-electron chi connectivity index (χ2n) is 1.53. The van der Waals surface area contributed by atoms with Gasteiger partial charge in [0.05, 0.1) is 0 Å². The maximum atomic E-state index is 10.8. The smallest absolute Gasteiger partial charge is 0.378 e. The number of nitrogens with two attached hydrogens (primary N) is 1. The van der Waals surface area contributed by atoms with Gasteiger partial charge in [0.1, 0.15) is 0 Å². The van der Waals surface area contributed by atoms with Gasteiger partial charge in [0, 0.05) is 10.4 Å². The van der Waals surface area contributed by atoms with Crippen LogP contribution in [-0.4, -0.2) is 14.5 Å². The van der Waals surface area contributed by atoms with Crippen LogP contribution < -0.4 is 5.64 Å². The molecule has 0 heterocycles. The van der Waals surface area contributed by atoms with Gasteiger partial charge in [-0.3, -0.25) is 0 Å². The van der Waals surface area contributed by atoms with E-state index in [0.29, 0.717) is 0 Å². The molecular formula is C5H5B2FNO2. The lowest BCUT2D eigenvalue weighted by molar-refractivity contribution is -0.0434. The van der Waals surface area contributed by atoms with Crippen molar-refractivity contribution in [2.24, 2.45) is 5.64 Å². The molecule has 0 aromatic carbocycles. The standard InChI is InChI=1S/C5H5B2FNO2/c1-7(9)11-6-4-2-3-5-10-8/h9H2,1H3. The highest BCUT2D eigenvalue weighted by atomic mass is 19.3. The van der Waals surface area contributed by atoms with Gasteiger partial charge in [-0.15, -0.1) is 5.82 Å². The summed E-state index contributed by atoms with van der Waals surface area (Å²) in [6, 6.07) is 0. The predicted molar refractivity (Wildman–Crippen MR) is 40.4 cm³/mol. The van der Waals surface area contributed by atoms with Gasteiger partial charge in [-0.1, -0.05) is 0 Å². The summed E-state index contributed by atoms with van der Waals surface area (Å²) in [5.74, 6) is 6.63. The topological polar surface area (TPSA) is 44.5 Å². The van der Waals surface area contributed by atoms with E-state index in [1.807, 2.05) is 5.92 Å². The minimum atomic E-state index is -0.408. The van der Waals surface area contributed by atoms with Crippen LogP contribution in [-0.2, 0) is 9.51 Å². The molecule has 0 saturated heterocycles. The van der Waals surface area contributed by atoms with E-state index >= 15 is 0 Å². The molecule has 0 fully saturated rings. The van der Waals surface area contributed by atoms with E-state index in [1.165, 1.54) is 7.48 Å². The molecule has 55 valence electrons. The maximum Gasteiger partial charge on any atom is 0.378 e. The van der Waals surface area contributed by atoms with Gasteiger partial charge < -0.3 is 10.2 Å². The fourth-order valence-corrected chi connectivity index (χ4v) is 0.252. The number of hydrogen-bond donors (Lipinski definition) is 1. The molecule has 2 N–H and O–H groups in total. The molecule has 0 aliphatic carbocycles. The molecule has 1 radical (unpaired) electrons. The summed E-state index contributed by atoms with van der Waals surface area (Å²) in [4.78, 5) is 2.93. The highest BCUT2D eigenvalue weighted by Gasteiger charge is 1.97. The van der Waals surface area contributed by atoms with Crippen LogP contribution >= 0.6 is 0 Å². The Morgan fingerprint density at radius 1 is 1.55 bits per heavy atom. The summed E-state index contributed by atoms with van der Waals surface area (Å²) >= 11 is 0. The molecule has 0 spiro atoms. The molecule has 0 saturated carbocycles. The molecule has 0 aromatic heterocycles. The van der Waals surface area contributed by atoms with Crippen molar-refractivity contribution in [2.75, 3.05) is 0 Å². The highest BCUT2D eigenvalue weighted by molar-refractivity contribution is 6.57. The fourth-order valence-electron chi connectivity index (χ4n) is 0.252. The van der Waals surface area contributed by atoms with Crippen LogP contribution in [0.15, 0.2) is 0 Å². The summed E-state index contributed by atoms with van der Waals surface area (Å²) in [6.07, 6.45) is 1.64. The van der Waals surface area contributed by atoms with Crippen molar-refractivity contribution < 1.29 is 14.0 Å². The first-order chi connectivity index (χ1) is 5.27. The van der Waals surface area contributed by atoms with Crippen molar-refractivity contribution in [3.63, 3.8) is 0 Å². The molecule has 11 heavy (non-hydrogen) atoms. The van der Waals surface area contributed by atoms with Crippen LogP contribution in [0.4, 0.5) is 4.53 Å². The van der Waals surface area contributed by atoms with E-state index in [0.717, 1.165) is 0 Å². The summed E-state index contributed by atoms with van der Waals surface area (Å²) in [6.45, 7) is 1.65. The average Bonchev–Trinajstić information content (AvgIpc) is 1.96. The third-order valence-corrected chi connectivity index (χ3v) is 0.566. The van der Waals surface area contributed by atoms with Crippen LogP contribution in [0, 0.1) is 23.8 Å². The van der Waals surface area contributed by atoms with Crippen LogP contribution in [0.3, 0.4) is 0 Å². The molecule has 6 heteroatoms. The minimum absolute atomic E-state index is 0.408. The Morgan fingerprint density at radius 3 is 2.82 bits per heavy atom. The average molecular weight is 152 g/mol. The quantitative estimate of drug-likeness (QED) is 0.429. The lowest BCUT2D eigenvalue weighted by atomic mass is 9.85. The molecule has 0 amide bonds. The Kier molecular flexibility index (Phi) is 6.31. The zero-order valence-electron chi connectivity index (χ0n) is 5.93. The highest BCUT2D eigenvalue weighted by Crippen LogP contribution is 1.69. The first-order valence-electron chi connectivity index (χ1n) is 2.78. The Bertz CT molecular complexity index is 212. The van der Waals surface area contributed by atoms with Crippen molar-refractivity contribution in [3.05, 3.63) is 0 Å². The van der Waals surface area contributed by atoms with Crippen LogP contribution in [0.2, 0.25) is 6.82 Å². The first-order valence-corrected chi connectivity index (χ1v) is 2.78. The molecule has 0 rings (SSSR count). The van der Waals surface area contributed by atoms with Crippen molar-refractivity contribution in [3.8, 4) is 23.8 Å². The number of hydrogen-bond acceptors (Lipinski definition) is 3. The van der Waals surface area contributed by atoms with Crippen molar-refractivity contribution in [2.45, 2.75) is 6.82 Å². The molecule has 0 unspecified atom stereocenters. The van der Waals surface area contributed by atoms with Gasteiger partial charge in [-0.05, 0) is 12.7 Å². The zero-order chi connectivity index (χ0) is 8.53. The van der Waals surface area contributed by atoms with E-state index in [1.54, 1.807) is 12.9 Å². The van der Waals surface area contributed by atoms with E-state index < -0.39 is 7.05 Å². The predicted octanol–water partition coefficient (Wildman–Crippen LogP) is -0.478. The van der Waals surface area contributed by atoms with Gasteiger partial charge in [0.25, 0.3) is 0 Å². The largest absolute Gasteiger partial charge is 0.478 e. The van der Waals surface area contributed by atoms with Crippen molar-refractivity contribution in [1.29, 1.82) is 0 Å². The van der Waals surface area contributed by atoms with E-state index in [-0.39, 0.29) is 0 Å². The first kappa shape index (κ1) is 9.90. The monoisotopic (exact) mass is 152 g/mol. The SMILES string of the molecule is CB(N)O[B]C#CC#COF. The van der Waals surface area contributed by atoms with Gasteiger partial charge in [-0.25, -0.2) is 4.94 Å². The summed E-state index contributed by atoms with van der Waals surface area (Å²) in [7, 11) is 0.770. The maximum absolute atomic E-state index is 10.8. The summed E-state index contributed by atoms with van der Waals surface area (Å²) in [5.41, 5.74) is 5.19. The Morgan fingerprint density at radius 2 is 2.27 bits per heavy atom. The van der Waals surface area contributed by atoms with Crippen molar-refractivity contribution in [1.82, 2.24) is 0 Å². The zero-order valence-corrected chi connectivity index (χ0v) is 5.93. The van der Waals surface area contributed by atoms with Gasteiger partial charge >= 0.3 is 14.5 Å². The normalized spacial score (nSPS) is 6.45. The molecule has 0 bridgehead atoms. The lowest BCUT2D eigenvalue weighted by Crippen LogP contribution is -2.26. The Hall–Kier alpha value is -1.10. The molecule has 0 aromatic rings. The molecular weight excluding hydrogens is 147 g/mol. The molecule has 0 atom stereocenters. The number of halogens is 1. The number of rotatable bonds is 2. The fraction of sp³-hybridized carbons (Fsp3) is 0.200. The van der Waals surface area contributed by atoms with E-state index in [9.17, 15) is 4.53 Å². The van der Waals surface area contributed by atoms with Gasteiger partial charge in [0.2, 0.25) is 0 Å². The van der Waals surface area contributed by atoms with Crippen molar-refractivity contribution >= 4 is 14.5 Å². The summed E-state index contributed by atoms with van der Waals surface area (Å²) in [5, 5.41) is 0. The van der Waals surface area contributed by atoms with Crippen LogP contribution in [0.25, 0.3) is 0 Å². The Labute approximate surface area is 65.7 Å². The second-order valence-corrected chi connectivity index (χ2v) is 1.53. The van der Waals surface area contributed by atoms with Gasteiger partial charge in [0.15, 0.2) is 6.11 Å². The minimum Gasteiger partial charge on any atom is -0.478 e. The van der Waals surface area contributed by atoms with E-state index in [4.69, 9.17) is 10.2 Å². The lowest BCUT2D eigenvalue weighted by Gasteiger charge is -1.94. The summed E-state index contributed by atoms with van der Waals surface area (Å²) < 4.78 is 15.5. The molecule has 0 aliphatic heterocycles.